The lowest BCUT2D eigenvalue weighted by Crippen LogP contribution is -2.22. The van der Waals surface area contributed by atoms with Gasteiger partial charge in [0.2, 0.25) is 0 Å². The van der Waals surface area contributed by atoms with E-state index in [4.69, 9.17) is 0 Å². The van der Waals surface area contributed by atoms with E-state index in [1.54, 1.807) is 0 Å². The van der Waals surface area contributed by atoms with Gasteiger partial charge in [-0.05, 0) is 31.8 Å². The zero-order valence-corrected chi connectivity index (χ0v) is 10.3. The fourth-order valence-corrected chi connectivity index (χ4v) is 2.16. The second-order valence-electron chi connectivity index (χ2n) is 4.36. The fourth-order valence-electron chi connectivity index (χ4n) is 2.16. The highest BCUT2D eigenvalue weighted by Crippen LogP contribution is 2.31. The molecule has 0 heterocycles. The van der Waals surface area contributed by atoms with E-state index in [0.717, 1.165) is 36.8 Å². The highest BCUT2D eigenvalue weighted by atomic mass is 16.5. The highest BCUT2D eigenvalue weighted by molar-refractivity contribution is 6.11. The van der Waals surface area contributed by atoms with Gasteiger partial charge in [-0.2, -0.15) is 0 Å². The molecule has 0 fully saturated rings. The Labute approximate surface area is 96.9 Å². The van der Waals surface area contributed by atoms with Crippen molar-refractivity contribution >= 4 is 11.8 Å². The van der Waals surface area contributed by atoms with E-state index >= 15 is 0 Å². The molecule has 1 aliphatic carbocycles. The summed E-state index contributed by atoms with van der Waals surface area (Å²) in [5.74, 6) is -0.975. The second kappa shape index (κ2) is 5.83. The van der Waals surface area contributed by atoms with Crippen molar-refractivity contribution in [3.63, 3.8) is 0 Å². The number of ketones is 1. The molecule has 0 aromatic heterocycles. The molecule has 0 amide bonds. The molecule has 1 rings (SSSR count). The van der Waals surface area contributed by atoms with Crippen LogP contribution in [-0.2, 0) is 14.3 Å². The van der Waals surface area contributed by atoms with Crippen molar-refractivity contribution in [2.75, 3.05) is 7.11 Å². The van der Waals surface area contributed by atoms with Gasteiger partial charge in [-0.3, -0.25) is 9.59 Å². The van der Waals surface area contributed by atoms with Crippen LogP contribution in [0.5, 0.6) is 0 Å². The van der Waals surface area contributed by atoms with Crippen molar-refractivity contribution in [3.05, 3.63) is 11.1 Å². The van der Waals surface area contributed by atoms with Gasteiger partial charge in [0.15, 0.2) is 5.78 Å². The van der Waals surface area contributed by atoms with Gasteiger partial charge in [-0.25, -0.2) is 0 Å². The van der Waals surface area contributed by atoms with E-state index in [1.165, 1.54) is 7.11 Å². The summed E-state index contributed by atoms with van der Waals surface area (Å²) in [4.78, 5) is 23.3. The van der Waals surface area contributed by atoms with E-state index in [-0.39, 0.29) is 5.78 Å². The second-order valence-corrected chi connectivity index (χ2v) is 4.36. The molecule has 0 saturated heterocycles. The van der Waals surface area contributed by atoms with Crippen LogP contribution >= 0.6 is 0 Å². The van der Waals surface area contributed by atoms with Gasteiger partial charge in [-0.15, -0.1) is 0 Å². The maximum atomic E-state index is 12.0. The molecular weight excluding hydrogens is 204 g/mol. The number of hydrogen-bond donors (Lipinski definition) is 0. The van der Waals surface area contributed by atoms with Crippen LogP contribution in [0.1, 0.15) is 46.0 Å². The predicted octanol–water partition coefficient (Wildman–Crippen LogP) is 2.65. The summed E-state index contributed by atoms with van der Waals surface area (Å²) in [5, 5.41) is 0. The molecular formula is C13H20O3. The van der Waals surface area contributed by atoms with E-state index in [9.17, 15) is 9.59 Å². The van der Waals surface area contributed by atoms with Crippen molar-refractivity contribution in [1.82, 2.24) is 0 Å². The summed E-state index contributed by atoms with van der Waals surface area (Å²) in [6.07, 6.45) is 4.66. The molecule has 1 atom stereocenters. The summed E-state index contributed by atoms with van der Waals surface area (Å²) in [6.45, 7) is 4.08. The zero-order valence-electron chi connectivity index (χ0n) is 10.3. The fraction of sp³-hybridized carbons (Fsp3) is 0.692. The minimum atomic E-state index is -0.568. The summed E-state index contributed by atoms with van der Waals surface area (Å²) < 4.78 is 4.64. The number of carbonyl (C=O) groups is 2. The molecule has 0 radical (unpaired) electrons. The lowest BCUT2D eigenvalue weighted by molar-refractivity contribution is -0.147. The molecule has 0 aromatic carbocycles. The van der Waals surface area contributed by atoms with E-state index in [0.29, 0.717) is 6.42 Å². The van der Waals surface area contributed by atoms with Gasteiger partial charge < -0.3 is 4.74 Å². The van der Waals surface area contributed by atoms with Gasteiger partial charge in [0.25, 0.3) is 0 Å². The molecule has 90 valence electrons. The Hall–Kier alpha value is -1.12. The number of methoxy groups -OCH3 is 1. The Morgan fingerprint density at radius 1 is 1.44 bits per heavy atom. The van der Waals surface area contributed by atoms with Crippen LogP contribution < -0.4 is 0 Å². The third kappa shape index (κ3) is 2.71. The summed E-state index contributed by atoms with van der Waals surface area (Å²) in [7, 11) is 1.33. The van der Waals surface area contributed by atoms with Gasteiger partial charge >= 0.3 is 5.97 Å². The summed E-state index contributed by atoms with van der Waals surface area (Å²) >= 11 is 0. The Morgan fingerprint density at radius 2 is 2.12 bits per heavy atom. The number of unbranched alkanes of at least 4 members (excludes halogenated alkanes) is 2. The van der Waals surface area contributed by atoms with Crippen LogP contribution in [0.2, 0.25) is 0 Å². The number of hydrogen-bond acceptors (Lipinski definition) is 3. The number of Topliss-reactive ketones (excluding diaryl/α,β-unsaturated/α-hetero) is 1. The zero-order chi connectivity index (χ0) is 12.1. The van der Waals surface area contributed by atoms with Crippen LogP contribution in [-0.4, -0.2) is 18.9 Å². The van der Waals surface area contributed by atoms with Crippen molar-refractivity contribution in [2.24, 2.45) is 5.92 Å². The number of esters is 1. The maximum Gasteiger partial charge on any atom is 0.316 e. The quantitative estimate of drug-likeness (QED) is 0.409. The summed E-state index contributed by atoms with van der Waals surface area (Å²) in [6, 6.07) is 0. The van der Waals surface area contributed by atoms with Crippen molar-refractivity contribution < 1.29 is 14.3 Å². The van der Waals surface area contributed by atoms with E-state index in [2.05, 4.69) is 11.7 Å². The minimum Gasteiger partial charge on any atom is -0.468 e. The van der Waals surface area contributed by atoms with E-state index < -0.39 is 11.9 Å². The molecule has 0 N–H and O–H groups in total. The number of ether oxygens (including phenoxy) is 1. The molecule has 1 unspecified atom stereocenters. The molecule has 0 aliphatic heterocycles. The van der Waals surface area contributed by atoms with E-state index in [1.807, 2.05) is 6.92 Å². The Balaban J connectivity index is 2.61. The molecule has 16 heavy (non-hydrogen) atoms. The van der Waals surface area contributed by atoms with Crippen LogP contribution in [0, 0.1) is 5.92 Å². The third-order valence-electron chi connectivity index (χ3n) is 3.16. The van der Waals surface area contributed by atoms with Crippen molar-refractivity contribution in [1.29, 1.82) is 0 Å². The minimum absolute atomic E-state index is 0.0135. The van der Waals surface area contributed by atoms with Gasteiger partial charge in [-0.1, -0.05) is 25.3 Å². The van der Waals surface area contributed by atoms with Gasteiger partial charge in [0.05, 0.1) is 7.11 Å². The van der Waals surface area contributed by atoms with Crippen molar-refractivity contribution in [2.45, 2.75) is 46.0 Å². The Morgan fingerprint density at radius 3 is 2.69 bits per heavy atom. The first-order valence-electron chi connectivity index (χ1n) is 5.92. The topological polar surface area (TPSA) is 43.4 Å². The molecule has 0 saturated carbocycles. The molecule has 0 spiro atoms. The lowest BCUT2D eigenvalue weighted by Gasteiger charge is -2.06. The first-order chi connectivity index (χ1) is 7.61. The predicted molar refractivity (Wildman–Crippen MR) is 62.0 cm³/mol. The molecule has 0 aromatic rings. The summed E-state index contributed by atoms with van der Waals surface area (Å²) in [5.41, 5.74) is 1.93. The Kier molecular flexibility index (Phi) is 4.71. The standard InChI is InChI=1S/C13H20O3/c1-4-5-6-7-10-9(2)8-11(12(10)14)13(15)16-3/h11H,4-8H2,1-3H3. The van der Waals surface area contributed by atoms with Crippen LogP contribution in [0.25, 0.3) is 0 Å². The molecule has 3 heteroatoms. The molecule has 3 nitrogen and oxygen atoms in total. The lowest BCUT2D eigenvalue weighted by atomic mass is 10.0. The average Bonchev–Trinajstić information content (AvgIpc) is 2.56. The van der Waals surface area contributed by atoms with Gasteiger partial charge in [0.1, 0.15) is 5.92 Å². The normalized spacial score (nSPS) is 20.4. The molecule has 1 aliphatic rings. The first kappa shape index (κ1) is 12.9. The van der Waals surface area contributed by atoms with Crippen molar-refractivity contribution in [3.8, 4) is 0 Å². The number of rotatable bonds is 5. The number of carbonyl (C=O) groups excluding carboxylic acids is 2. The van der Waals surface area contributed by atoms with Crippen LogP contribution in [0.3, 0.4) is 0 Å². The first-order valence-corrected chi connectivity index (χ1v) is 5.92. The molecule has 0 bridgehead atoms. The third-order valence-corrected chi connectivity index (χ3v) is 3.16. The Bertz CT molecular complexity index is 315. The highest BCUT2D eigenvalue weighted by Gasteiger charge is 2.36. The SMILES string of the molecule is CCCCCC1=C(C)CC(C(=O)OC)C1=O. The number of allylic oxidation sites excluding steroid dienone is 2. The smallest absolute Gasteiger partial charge is 0.316 e. The van der Waals surface area contributed by atoms with Crippen LogP contribution in [0.4, 0.5) is 0 Å². The largest absolute Gasteiger partial charge is 0.468 e. The maximum absolute atomic E-state index is 12.0. The van der Waals surface area contributed by atoms with Crippen LogP contribution in [0.15, 0.2) is 11.1 Å². The monoisotopic (exact) mass is 224 g/mol. The van der Waals surface area contributed by atoms with Gasteiger partial charge in [0, 0.05) is 0 Å². The average molecular weight is 224 g/mol.